The lowest BCUT2D eigenvalue weighted by atomic mass is 9.99. The number of methoxy groups -OCH3 is 2. The quantitative estimate of drug-likeness (QED) is 0.285. The zero-order valence-electron chi connectivity index (χ0n) is 19.1. The number of hydrogen-bond acceptors (Lipinski definition) is 6. The van der Waals surface area contributed by atoms with Gasteiger partial charge in [0, 0.05) is 67.5 Å². The van der Waals surface area contributed by atoms with E-state index in [1.165, 1.54) is 0 Å². The molecule has 0 amide bonds. The fourth-order valence-electron chi connectivity index (χ4n) is 3.99. The first-order valence-corrected chi connectivity index (χ1v) is 12.0. The second kappa shape index (κ2) is 12.8. The molecule has 3 rings (SSSR count). The highest BCUT2D eigenvalue weighted by Crippen LogP contribution is 2.34. The third kappa shape index (κ3) is 7.21. The van der Waals surface area contributed by atoms with Crippen LogP contribution in [0.5, 0.6) is 11.5 Å². The van der Waals surface area contributed by atoms with Gasteiger partial charge in [0.2, 0.25) is 0 Å². The summed E-state index contributed by atoms with van der Waals surface area (Å²) >= 11 is 1.93. The van der Waals surface area contributed by atoms with E-state index in [0.29, 0.717) is 6.04 Å². The van der Waals surface area contributed by atoms with Crippen molar-refractivity contribution in [3.63, 3.8) is 0 Å². The maximum absolute atomic E-state index is 5.56. The maximum atomic E-state index is 5.56. The number of hydrogen-bond donors (Lipinski definition) is 2. The van der Waals surface area contributed by atoms with Gasteiger partial charge in [0.15, 0.2) is 5.96 Å². The van der Waals surface area contributed by atoms with Crippen molar-refractivity contribution in [1.29, 1.82) is 0 Å². The lowest BCUT2D eigenvalue weighted by Gasteiger charge is -2.34. The predicted octanol–water partition coefficient (Wildman–Crippen LogP) is 3.37. The van der Waals surface area contributed by atoms with Crippen LogP contribution in [0.15, 0.2) is 23.2 Å². The van der Waals surface area contributed by atoms with Gasteiger partial charge in [-0.05, 0) is 32.4 Å². The van der Waals surface area contributed by atoms with Gasteiger partial charge in [0.1, 0.15) is 11.5 Å². The van der Waals surface area contributed by atoms with Gasteiger partial charge in [-0.1, -0.05) is 0 Å². The number of nitrogens with one attached hydrogen (secondary N) is 2. The summed E-state index contributed by atoms with van der Waals surface area (Å²) in [6.45, 7) is 7.35. The molecule has 0 radical (unpaired) electrons. The smallest absolute Gasteiger partial charge is 0.191 e. The fraction of sp³-hybridized carbons (Fsp3) is 0.682. The van der Waals surface area contributed by atoms with Gasteiger partial charge in [-0.15, -0.1) is 24.0 Å². The molecule has 0 spiro atoms. The minimum atomic E-state index is 0. The summed E-state index contributed by atoms with van der Waals surface area (Å²) in [4.78, 5) is 7.32. The molecule has 0 bridgehead atoms. The topological polar surface area (TPSA) is 67.4 Å². The van der Waals surface area contributed by atoms with Crippen molar-refractivity contribution in [2.75, 3.05) is 64.8 Å². The van der Waals surface area contributed by atoms with Gasteiger partial charge in [-0.3, -0.25) is 4.99 Å². The minimum Gasteiger partial charge on any atom is -0.497 e. The Bertz CT molecular complexity index is 694. The first-order valence-electron chi connectivity index (χ1n) is 10.8. The molecule has 31 heavy (non-hydrogen) atoms. The van der Waals surface area contributed by atoms with Crippen LogP contribution in [-0.4, -0.2) is 76.6 Å². The Morgan fingerprint density at radius 3 is 2.48 bits per heavy atom. The van der Waals surface area contributed by atoms with E-state index in [0.717, 1.165) is 81.8 Å². The van der Waals surface area contributed by atoms with Crippen LogP contribution in [0.2, 0.25) is 0 Å². The van der Waals surface area contributed by atoms with Crippen molar-refractivity contribution in [1.82, 2.24) is 10.6 Å². The Morgan fingerprint density at radius 1 is 1.23 bits per heavy atom. The number of guanidine groups is 1. The van der Waals surface area contributed by atoms with Crippen molar-refractivity contribution in [3.8, 4) is 11.5 Å². The largest absolute Gasteiger partial charge is 0.497 e. The third-order valence-electron chi connectivity index (χ3n) is 5.94. The summed E-state index contributed by atoms with van der Waals surface area (Å²) in [5.74, 6) is 2.54. The van der Waals surface area contributed by atoms with E-state index in [1.54, 1.807) is 14.2 Å². The number of halogens is 1. The summed E-state index contributed by atoms with van der Waals surface area (Å²) in [7, 11) is 3.37. The van der Waals surface area contributed by atoms with E-state index in [-0.39, 0.29) is 28.7 Å². The normalized spacial score (nSPS) is 20.7. The van der Waals surface area contributed by atoms with Crippen LogP contribution in [0.1, 0.15) is 26.2 Å². The van der Waals surface area contributed by atoms with Gasteiger partial charge in [0.05, 0.1) is 20.8 Å². The molecule has 7 nitrogen and oxygen atoms in total. The number of aliphatic imine (C=N–C) groups is 1. The summed E-state index contributed by atoms with van der Waals surface area (Å²) in [5, 5.41) is 7.07. The average molecular weight is 565 g/mol. The van der Waals surface area contributed by atoms with E-state index in [1.807, 2.05) is 17.8 Å². The molecule has 1 aromatic carbocycles. The predicted molar refractivity (Wildman–Crippen MR) is 141 cm³/mol. The van der Waals surface area contributed by atoms with Gasteiger partial charge in [0.25, 0.3) is 0 Å². The zero-order chi connectivity index (χ0) is 21.4. The summed E-state index contributed by atoms with van der Waals surface area (Å²) in [6, 6.07) is 6.39. The Kier molecular flexibility index (Phi) is 10.8. The molecule has 2 heterocycles. The van der Waals surface area contributed by atoms with Crippen molar-refractivity contribution < 1.29 is 14.2 Å². The molecule has 2 fully saturated rings. The molecule has 2 aliphatic heterocycles. The van der Waals surface area contributed by atoms with Crippen LogP contribution in [-0.2, 0) is 4.74 Å². The monoisotopic (exact) mass is 564 g/mol. The second-order valence-electron chi connectivity index (χ2n) is 7.84. The second-order valence-corrected chi connectivity index (χ2v) is 9.12. The molecule has 9 heteroatoms. The van der Waals surface area contributed by atoms with Crippen LogP contribution in [0.4, 0.5) is 5.69 Å². The molecule has 2 saturated heterocycles. The lowest BCUT2D eigenvalue weighted by Crippen LogP contribution is -2.46. The van der Waals surface area contributed by atoms with E-state index >= 15 is 0 Å². The van der Waals surface area contributed by atoms with Crippen LogP contribution in [0.3, 0.4) is 0 Å². The Hall–Kier alpha value is -1.07. The Balaban J connectivity index is 0.00000341. The summed E-state index contributed by atoms with van der Waals surface area (Å²) in [6.07, 6.45) is 5.38. The molecule has 1 atom stereocenters. The van der Waals surface area contributed by atoms with Crippen molar-refractivity contribution in [2.24, 2.45) is 4.99 Å². The molecule has 0 aromatic heterocycles. The van der Waals surface area contributed by atoms with Gasteiger partial charge in [-0.25, -0.2) is 0 Å². The third-order valence-corrected chi connectivity index (χ3v) is 7.34. The molecule has 0 aliphatic carbocycles. The van der Waals surface area contributed by atoms with Crippen LogP contribution in [0, 0.1) is 0 Å². The molecular weight excluding hydrogens is 527 g/mol. The van der Waals surface area contributed by atoms with Crippen LogP contribution in [0.25, 0.3) is 0 Å². The first kappa shape index (κ1) is 26.2. The molecule has 1 aromatic rings. The molecule has 0 saturated carbocycles. The number of ether oxygens (including phenoxy) is 3. The highest BCUT2D eigenvalue weighted by atomic mass is 127. The SMILES string of the molecule is CCNC(=NCC1(SC)CCOCC1)NC1CCN(c2cc(OC)cc(OC)c2)C1.I. The standard InChI is InChI=1S/C22H36N4O3S.HI/c1-5-23-21(24-16-22(30-4)7-10-29-11-8-22)25-17-6-9-26(15-17)18-12-19(27-2)14-20(13-18)28-3;/h12-14,17H,5-11,15-16H2,1-4H3,(H2,23,24,25);1H. The Labute approximate surface area is 208 Å². The molecule has 176 valence electrons. The molecular formula is C22H37IN4O3S. The molecule has 1 unspecified atom stereocenters. The van der Waals surface area contributed by atoms with E-state index in [2.05, 4.69) is 40.8 Å². The average Bonchev–Trinajstić information content (AvgIpc) is 3.26. The van der Waals surface area contributed by atoms with Crippen molar-refractivity contribution in [3.05, 3.63) is 18.2 Å². The molecule has 2 N–H and O–H groups in total. The lowest BCUT2D eigenvalue weighted by molar-refractivity contribution is 0.0794. The minimum absolute atomic E-state index is 0. The zero-order valence-corrected chi connectivity index (χ0v) is 22.3. The van der Waals surface area contributed by atoms with Crippen LogP contribution >= 0.6 is 35.7 Å². The Morgan fingerprint density at radius 2 is 1.90 bits per heavy atom. The highest BCUT2D eigenvalue weighted by Gasteiger charge is 2.32. The van der Waals surface area contributed by atoms with Crippen LogP contribution < -0.4 is 25.0 Å². The van der Waals surface area contributed by atoms with Crippen molar-refractivity contribution >= 4 is 47.4 Å². The van der Waals surface area contributed by atoms with E-state index in [9.17, 15) is 0 Å². The molecule has 2 aliphatic rings. The van der Waals surface area contributed by atoms with E-state index < -0.39 is 0 Å². The highest BCUT2D eigenvalue weighted by molar-refractivity contribution is 14.0. The fourth-order valence-corrected chi connectivity index (χ4v) is 4.76. The van der Waals surface area contributed by atoms with Crippen molar-refractivity contribution in [2.45, 2.75) is 37.0 Å². The number of nitrogens with zero attached hydrogens (tertiary/aromatic N) is 2. The number of rotatable bonds is 8. The van der Waals surface area contributed by atoms with Gasteiger partial charge >= 0.3 is 0 Å². The number of thioether (sulfide) groups is 1. The summed E-state index contributed by atoms with van der Waals surface area (Å²) in [5.41, 5.74) is 1.13. The van der Waals surface area contributed by atoms with Gasteiger partial charge < -0.3 is 29.7 Å². The number of anilines is 1. The van der Waals surface area contributed by atoms with E-state index in [4.69, 9.17) is 19.2 Å². The summed E-state index contributed by atoms with van der Waals surface area (Å²) < 4.78 is 16.6. The van der Waals surface area contributed by atoms with Gasteiger partial charge in [-0.2, -0.15) is 11.8 Å². The first-order chi connectivity index (χ1) is 14.6. The maximum Gasteiger partial charge on any atom is 0.191 e. The number of benzene rings is 1.